The van der Waals surface area contributed by atoms with Gasteiger partial charge in [-0.15, -0.1) is 11.3 Å². The van der Waals surface area contributed by atoms with Crippen LogP contribution in [0.3, 0.4) is 0 Å². The Bertz CT molecular complexity index is 751. The van der Waals surface area contributed by atoms with Crippen LogP contribution < -0.4 is 0 Å². The lowest BCUT2D eigenvalue weighted by Gasteiger charge is -2.20. The molecular formula is C16H20N2O3S2. The van der Waals surface area contributed by atoms with Crippen molar-refractivity contribution >= 4 is 27.3 Å². The molecule has 0 aliphatic rings. The van der Waals surface area contributed by atoms with E-state index in [-0.39, 0.29) is 10.8 Å². The van der Waals surface area contributed by atoms with Crippen LogP contribution in [0.4, 0.5) is 0 Å². The Kier molecular flexibility index (Phi) is 5.56. The van der Waals surface area contributed by atoms with Gasteiger partial charge < -0.3 is 4.90 Å². The summed E-state index contributed by atoms with van der Waals surface area (Å²) in [5.74, 6) is -0.102. The van der Waals surface area contributed by atoms with Crippen LogP contribution in [0, 0.1) is 0 Å². The van der Waals surface area contributed by atoms with Gasteiger partial charge >= 0.3 is 0 Å². The lowest BCUT2D eigenvalue weighted by molar-refractivity contribution is 0.0754. The highest BCUT2D eigenvalue weighted by atomic mass is 32.2. The van der Waals surface area contributed by atoms with E-state index in [9.17, 15) is 13.2 Å². The molecule has 5 nitrogen and oxygen atoms in total. The average Bonchev–Trinajstić information content (AvgIpc) is 3.05. The average molecular weight is 352 g/mol. The lowest BCUT2D eigenvalue weighted by atomic mass is 10.2. The molecule has 7 heteroatoms. The second-order valence-corrected chi connectivity index (χ2v) is 8.39. The predicted octanol–water partition coefficient (Wildman–Crippen LogP) is 2.66. The van der Waals surface area contributed by atoms with Crippen molar-refractivity contribution in [2.75, 3.05) is 20.6 Å². The van der Waals surface area contributed by atoms with Gasteiger partial charge in [-0.2, -0.15) is 0 Å². The number of sulfonamides is 1. The Hall–Kier alpha value is -1.70. The van der Waals surface area contributed by atoms with Crippen molar-refractivity contribution in [3.63, 3.8) is 0 Å². The molecule has 0 N–H and O–H groups in total. The van der Waals surface area contributed by atoms with Crippen molar-refractivity contribution in [3.05, 3.63) is 52.2 Å². The third-order valence-electron chi connectivity index (χ3n) is 3.48. The molecule has 0 radical (unpaired) electrons. The van der Waals surface area contributed by atoms with E-state index in [1.165, 1.54) is 26.2 Å². The normalized spacial score (nSPS) is 11.7. The molecule has 0 spiro atoms. The minimum absolute atomic E-state index is 0.102. The number of hydrogen-bond acceptors (Lipinski definition) is 4. The first-order valence-electron chi connectivity index (χ1n) is 7.20. The molecule has 0 unspecified atom stereocenters. The molecule has 0 fully saturated rings. The van der Waals surface area contributed by atoms with Crippen molar-refractivity contribution in [2.24, 2.45) is 0 Å². The molecule has 2 aromatic rings. The third kappa shape index (κ3) is 3.99. The van der Waals surface area contributed by atoms with E-state index in [2.05, 4.69) is 0 Å². The molecule has 0 saturated heterocycles. The first-order valence-corrected chi connectivity index (χ1v) is 9.52. The summed E-state index contributed by atoms with van der Waals surface area (Å²) in [5.41, 5.74) is 0.487. The van der Waals surface area contributed by atoms with Crippen LogP contribution in [0.2, 0.25) is 0 Å². The minimum atomic E-state index is -3.48. The summed E-state index contributed by atoms with van der Waals surface area (Å²) in [6.07, 6.45) is 0. The van der Waals surface area contributed by atoms with Crippen molar-refractivity contribution in [1.29, 1.82) is 0 Å². The fourth-order valence-electron chi connectivity index (χ4n) is 2.08. The second-order valence-electron chi connectivity index (χ2n) is 5.21. The van der Waals surface area contributed by atoms with Gasteiger partial charge in [0.2, 0.25) is 10.0 Å². The number of thiophene rings is 1. The number of rotatable bonds is 6. The molecule has 1 aromatic carbocycles. The number of amides is 1. The third-order valence-corrected chi connectivity index (χ3v) is 6.17. The van der Waals surface area contributed by atoms with E-state index in [0.29, 0.717) is 18.7 Å². The zero-order chi connectivity index (χ0) is 17.0. The number of nitrogens with zero attached hydrogens (tertiary/aromatic N) is 2. The van der Waals surface area contributed by atoms with Gasteiger partial charge in [-0.05, 0) is 42.6 Å². The largest absolute Gasteiger partial charge is 0.334 e. The molecule has 0 saturated carbocycles. The quantitative estimate of drug-likeness (QED) is 0.803. The van der Waals surface area contributed by atoms with Crippen molar-refractivity contribution in [2.45, 2.75) is 18.4 Å². The Morgan fingerprint density at radius 2 is 1.78 bits per heavy atom. The molecular weight excluding hydrogens is 332 g/mol. The maximum Gasteiger partial charge on any atom is 0.254 e. The molecule has 2 rings (SSSR count). The molecule has 124 valence electrons. The van der Waals surface area contributed by atoms with E-state index in [1.54, 1.807) is 28.4 Å². The zero-order valence-electron chi connectivity index (χ0n) is 13.4. The minimum Gasteiger partial charge on any atom is -0.334 e. The summed E-state index contributed by atoms with van der Waals surface area (Å²) in [4.78, 5) is 15.6. The highest BCUT2D eigenvalue weighted by Crippen LogP contribution is 2.17. The topological polar surface area (TPSA) is 57.7 Å². The monoisotopic (exact) mass is 352 g/mol. The van der Waals surface area contributed by atoms with E-state index >= 15 is 0 Å². The van der Waals surface area contributed by atoms with Crippen molar-refractivity contribution < 1.29 is 13.2 Å². The fraction of sp³-hybridized carbons (Fsp3) is 0.312. The summed E-state index contributed by atoms with van der Waals surface area (Å²) in [5, 5.41) is 1.98. The summed E-state index contributed by atoms with van der Waals surface area (Å²) >= 11 is 1.61. The van der Waals surface area contributed by atoms with Crippen molar-refractivity contribution in [3.8, 4) is 0 Å². The van der Waals surface area contributed by atoms with Crippen LogP contribution in [-0.2, 0) is 16.6 Å². The maximum absolute atomic E-state index is 12.6. The van der Waals surface area contributed by atoms with E-state index in [0.717, 1.165) is 9.18 Å². The maximum atomic E-state index is 12.6. The van der Waals surface area contributed by atoms with Gasteiger partial charge in [-0.1, -0.05) is 6.07 Å². The van der Waals surface area contributed by atoms with E-state index in [1.807, 2.05) is 24.4 Å². The van der Waals surface area contributed by atoms with Gasteiger partial charge in [0.15, 0.2) is 0 Å². The van der Waals surface area contributed by atoms with Crippen LogP contribution >= 0.6 is 11.3 Å². The Morgan fingerprint density at radius 3 is 2.26 bits per heavy atom. The predicted molar refractivity (Wildman–Crippen MR) is 92.0 cm³/mol. The zero-order valence-corrected chi connectivity index (χ0v) is 15.0. The molecule has 23 heavy (non-hydrogen) atoms. The van der Waals surface area contributed by atoms with Gasteiger partial charge in [0, 0.05) is 31.1 Å². The standard InChI is InChI=1S/C16H20N2O3S2/c1-4-18(12-14-6-5-11-22-14)16(19)13-7-9-15(10-8-13)23(20,21)17(2)3/h5-11H,4,12H2,1-3H3. The Labute approximate surface area is 141 Å². The van der Waals surface area contributed by atoms with Gasteiger partial charge in [0.25, 0.3) is 5.91 Å². The highest BCUT2D eigenvalue weighted by Gasteiger charge is 2.19. The molecule has 0 aliphatic heterocycles. The Balaban J connectivity index is 2.19. The fourth-order valence-corrected chi connectivity index (χ4v) is 3.70. The van der Waals surface area contributed by atoms with E-state index < -0.39 is 10.0 Å². The van der Waals surface area contributed by atoms with Crippen LogP contribution in [0.1, 0.15) is 22.2 Å². The summed E-state index contributed by atoms with van der Waals surface area (Å²) in [7, 11) is -0.515. The summed E-state index contributed by atoms with van der Waals surface area (Å²) < 4.78 is 25.2. The first-order chi connectivity index (χ1) is 10.9. The number of benzene rings is 1. The molecule has 0 atom stereocenters. The van der Waals surface area contributed by atoms with Crippen LogP contribution in [0.5, 0.6) is 0 Å². The van der Waals surface area contributed by atoms with Gasteiger partial charge in [-0.3, -0.25) is 4.79 Å². The first kappa shape index (κ1) is 17.7. The molecule has 1 amide bonds. The number of hydrogen-bond donors (Lipinski definition) is 0. The molecule has 0 aliphatic carbocycles. The van der Waals surface area contributed by atoms with Gasteiger partial charge in [0.05, 0.1) is 11.4 Å². The lowest BCUT2D eigenvalue weighted by Crippen LogP contribution is -2.30. The number of carbonyl (C=O) groups is 1. The molecule has 1 heterocycles. The SMILES string of the molecule is CCN(Cc1cccs1)C(=O)c1ccc(S(=O)(=O)N(C)C)cc1. The van der Waals surface area contributed by atoms with Crippen LogP contribution in [-0.4, -0.2) is 44.2 Å². The van der Waals surface area contributed by atoms with Gasteiger partial charge in [0.1, 0.15) is 0 Å². The van der Waals surface area contributed by atoms with Crippen LogP contribution in [0.25, 0.3) is 0 Å². The smallest absolute Gasteiger partial charge is 0.254 e. The molecule has 1 aromatic heterocycles. The number of carbonyl (C=O) groups excluding carboxylic acids is 1. The van der Waals surface area contributed by atoms with E-state index in [4.69, 9.17) is 0 Å². The van der Waals surface area contributed by atoms with Crippen molar-refractivity contribution in [1.82, 2.24) is 9.21 Å². The second kappa shape index (κ2) is 7.25. The summed E-state index contributed by atoms with van der Waals surface area (Å²) in [6, 6.07) is 10.0. The summed E-state index contributed by atoms with van der Waals surface area (Å²) in [6.45, 7) is 3.08. The molecule has 0 bridgehead atoms. The highest BCUT2D eigenvalue weighted by molar-refractivity contribution is 7.89. The Morgan fingerprint density at radius 1 is 1.13 bits per heavy atom. The van der Waals surface area contributed by atoms with Crippen LogP contribution in [0.15, 0.2) is 46.7 Å². The van der Waals surface area contributed by atoms with Gasteiger partial charge in [-0.25, -0.2) is 12.7 Å².